The number of benzene rings is 2. The van der Waals surface area contributed by atoms with Crippen LogP contribution < -0.4 is 10.0 Å². The van der Waals surface area contributed by atoms with Crippen LogP contribution in [0.4, 0.5) is 11.4 Å². The van der Waals surface area contributed by atoms with E-state index in [1.54, 1.807) is 0 Å². The molecule has 0 fully saturated rings. The maximum absolute atomic E-state index is 12.3. The molecule has 2 rings (SSSR count). The Morgan fingerprint density at radius 2 is 1.29 bits per heavy atom. The summed E-state index contributed by atoms with van der Waals surface area (Å²) in [6.45, 7) is 1.34. The molecule has 2 aromatic carbocycles. The Hall–Kier alpha value is -2.43. The van der Waals surface area contributed by atoms with Gasteiger partial charge in [0, 0.05) is 18.3 Å². The average Bonchev–Trinajstić information content (AvgIpc) is 2.46. The van der Waals surface area contributed by atoms with Crippen molar-refractivity contribution in [2.24, 2.45) is 0 Å². The lowest BCUT2D eigenvalue weighted by Crippen LogP contribution is -2.13. The average molecular weight is 370 g/mol. The van der Waals surface area contributed by atoms with Crippen LogP contribution >= 0.6 is 0 Å². The molecule has 128 valence electrons. The van der Waals surface area contributed by atoms with Crippen LogP contribution in [0.15, 0.2) is 58.3 Å². The highest BCUT2D eigenvalue weighted by Gasteiger charge is 2.15. The Morgan fingerprint density at radius 1 is 0.833 bits per heavy atom. The summed E-state index contributed by atoms with van der Waals surface area (Å²) in [5.41, 5.74) is 0.590. The fourth-order valence-electron chi connectivity index (χ4n) is 1.83. The molecule has 24 heavy (non-hydrogen) atoms. The monoisotopic (exact) mass is 370 g/mol. The van der Waals surface area contributed by atoms with Gasteiger partial charge in [-0.3, -0.25) is 14.1 Å². The lowest BCUT2D eigenvalue weighted by molar-refractivity contribution is -0.114. The van der Waals surface area contributed by atoms with Crippen molar-refractivity contribution in [1.82, 2.24) is 0 Å². The molecule has 8 nitrogen and oxygen atoms in total. The van der Waals surface area contributed by atoms with E-state index in [0.29, 0.717) is 5.69 Å². The number of nitrogens with one attached hydrogen (secondary N) is 2. The number of rotatable bonds is 5. The summed E-state index contributed by atoms with van der Waals surface area (Å²) in [5, 5.41) is 2.52. The van der Waals surface area contributed by atoms with Crippen LogP contribution in [-0.2, 0) is 24.9 Å². The fraction of sp³-hybridized carbons (Fsp3) is 0.0714. The highest BCUT2D eigenvalue weighted by atomic mass is 32.2. The zero-order chi connectivity index (χ0) is 18.0. The van der Waals surface area contributed by atoms with E-state index in [4.69, 9.17) is 4.55 Å². The molecule has 0 unspecified atom stereocenters. The molecular weight excluding hydrogens is 356 g/mol. The van der Waals surface area contributed by atoms with Crippen LogP contribution in [0, 0.1) is 0 Å². The summed E-state index contributed by atoms with van der Waals surface area (Å²) < 4.78 is 57.6. The maximum Gasteiger partial charge on any atom is 0.294 e. The minimum absolute atomic E-state index is 0.0320. The van der Waals surface area contributed by atoms with Gasteiger partial charge in [-0.1, -0.05) is 0 Å². The van der Waals surface area contributed by atoms with Crippen molar-refractivity contribution in [3.8, 4) is 0 Å². The summed E-state index contributed by atoms with van der Waals surface area (Å²) in [5.74, 6) is -0.275. The first-order valence-electron chi connectivity index (χ1n) is 6.56. The van der Waals surface area contributed by atoms with E-state index in [1.807, 2.05) is 0 Å². The summed E-state index contributed by atoms with van der Waals surface area (Å²) >= 11 is 0. The van der Waals surface area contributed by atoms with Crippen molar-refractivity contribution in [3.63, 3.8) is 0 Å². The Bertz CT molecular complexity index is 949. The maximum atomic E-state index is 12.3. The van der Waals surface area contributed by atoms with Gasteiger partial charge in [-0.15, -0.1) is 0 Å². The standard InChI is InChI=1S/C14H14N2O6S2/c1-10(17)15-11-2-6-13(7-3-11)23(18,19)16-12-4-8-14(9-5-12)24(20,21)22/h2-9,16H,1H3,(H,15,17)(H,20,21,22). The highest BCUT2D eigenvalue weighted by Crippen LogP contribution is 2.19. The van der Waals surface area contributed by atoms with Crippen molar-refractivity contribution in [1.29, 1.82) is 0 Å². The van der Waals surface area contributed by atoms with Crippen LogP contribution in [0.25, 0.3) is 0 Å². The van der Waals surface area contributed by atoms with Crippen LogP contribution in [0.2, 0.25) is 0 Å². The number of anilines is 2. The lowest BCUT2D eigenvalue weighted by Gasteiger charge is -2.09. The molecule has 0 atom stereocenters. The Labute approximate surface area is 139 Å². The Kier molecular flexibility index (Phi) is 4.92. The van der Waals surface area contributed by atoms with E-state index >= 15 is 0 Å². The van der Waals surface area contributed by atoms with Gasteiger partial charge < -0.3 is 5.32 Å². The molecule has 2 aromatic rings. The summed E-state index contributed by atoms with van der Waals surface area (Å²) in [6.07, 6.45) is 0. The van der Waals surface area contributed by atoms with Gasteiger partial charge in [0.2, 0.25) is 5.91 Å². The summed E-state index contributed by atoms with van der Waals surface area (Å²) in [7, 11) is -8.22. The zero-order valence-electron chi connectivity index (χ0n) is 12.4. The minimum Gasteiger partial charge on any atom is -0.326 e. The SMILES string of the molecule is CC(=O)Nc1ccc(S(=O)(=O)Nc2ccc(S(=O)(=O)O)cc2)cc1. The lowest BCUT2D eigenvalue weighted by atomic mass is 10.3. The second kappa shape index (κ2) is 6.59. The van der Waals surface area contributed by atoms with E-state index < -0.39 is 20.1 Å². The third-order valence-corrected chi connectivity index (χ3v) is 5.15. The quantitative estimate of drug-likeness (QED) is 0.687. The largest absolute Gasteiger partial charge is 0.326 e. The molecule has 0 aliphatic carbocycles. The number of sulfonamides is 1. The van der Waals surface area contributed by atoms with E-state index in [9.17, 15) is 21.6 Å². The number of carbonyl (C=O) groups is 1. The third-order valence-electron chi connectivity index (χ3n) is 2.89. The van der Waals surface area contributed by atoms with Crippen LogP contribution in [0.1, 0.15) is 6.92 Å². The van der Waals surface area contributed by atoms with Gasteiger partial charge in [0.25, 0.3) is 20.1 Å². The molecule has 0 aliphatic rings. The number of hydrogen-bond donors (Lipinski definition) is 3. The van der Waals surface area contributed by atoms with Crippen LogP contribution in [-0.4, -0.2) is 27.3 Å². The molecule has 0 aliphatic heterocycles. The first-order chi connectivity index (χ1) is 11.1. The van der Waals surface area contributed by atoms with E-state index in [2.05, 4.69) is 10.0 Å². The first-order valence-corrected chi connectivity index (χ1v) is 9.48. The molecule has 0 aromatic heterocycles. The molecule has 0 saturated carbocycles. The minimum atomic E-state index is -4.34. The molecule has 0 radical (unpaired) electrons. The fourth-order valence-corrected chi connectivity index (χ4v) is 3.37. The van der Waals surface area contributed by atoms with Gasteiger partial charge in [-0.2, -0.15) is 8.42 Å². The number of carbonyl (C=O) groups excluding carboxylic acids is 1. The van der Waals surface area contributed by atoms with Gasteiger partial charge in [0.15, 0.2) is 0 Å². The molecule has 0 heterocycles. The van der Waals surface area contributed by atoms with Gasteiger partial charge in [-0.05, 0) is 48.5 Å². The smallest absolute Gasteiger partial charge is 0.294 e. The molecule has 1 amide bonds. The normalized spacial score (nSPS) is 11.8. The molecular formula is C14H14N2O6S2. The molecule has 0 bridgehead atoms. The van der Waals surface area contributed by atoms with E-state index in [-0.39, 0.29) is 21.4 Å². The Balaban J connectivity index is 2.20. The molecule has 3 N–H and O–H groups in total. The molecule has 0 spiro atoms. The molecule has 10 heteroatoms. The van der Waals surface area contributed by atoms with Crippen molar-refractivity contribution in [2.45, 2.75) is 16.7 Å². The number of amides is 1. The zero-order valence-corrected chi connectivity index (χ0v) is 14.1. The third kappa shape index (κ3) is 4.54. The van der Waals surface area contributed by atoms with E-state index in [1.165, 1.54) is 43.3 Å². The van der Waals surface area contributed by atoms with Crippen molar-refractivity contribution < 1.29 is 26.2 Å². The van der Waals surface area contributed by atoms with Crippen molar-refractivity contribution >= 4 is 37.4 Å². The van der Waals surface area contributed by atoms with Gasteiger partial charge in [0.05, 0.1) is 9.79 Å². The Morgan fingerprint density at radius 3 is 1.75 bits per heavy atom. The van der Waals surface area contributed by atoms with Crippen molar-refractivity contribution in [2.75, 3.05) is 10.0 Å². The predicted molar refractivity (Wildman–Crippen MR) is 87.8 cm³/mol. The van der Waals surface area contributed by atoms with Gasteiger partial charge in [-0.25, -0.2) is 8.42 Å². The molecule has 0 saturated heterocycles. The van der Waals surface area contributed by atoms with Crippen LogP contribution in [0.5, 0.6) is 0 Å². The van der Waals surface area contributed by atoms with Crippen molar-refractivity contribution in [3.05, 3.63) is 48.5 Å². The second-order valence-corrected chi connectivity index (χ2v) is 7.91. The first kappa shape index (κ1) is 17.9. The topological polar surface area (TPSA) is 130 Å². The highest BCUT2D eigenvalue weighted by molar-refractivity contribution is 7.92. The predicted octanol–water partition coefficient (Wildman–Crippen LogP) is 1.69. The number of hydrogen-bond acceptors (Lipinski definition) is 5. The summed E-state index contributed by atoms with van der Waals surface area (Å²) in [6, 6.07) is 10.1. The summed E-state index contributed by atoms with van der Waals surface area (Å²) in [4.78, 5) is 10.6. The van der Waals surface area contributed by atoms with Gasteiger partial charge in [0.1, 0.15) is 0 Å². The second-order valence-electron chi connectivity index (χ2n) is 4.81. The van der Waals surface area contributed by atoms with Gasteiger partial charge >= 0.3 is 0 Å². The van der Waals surface area contributed by atoms with E-state index in [0.717, 1.165) is 12.1 Å². The van der Waals surface area contributed by atoms with Crippen LogP contribution in [0.3, 0.4) is 0 Å².